The number of carbonyl (C=O) groups excluding carboxylic acids is 3. The average Bonchev–Trinajstić information content (AvgIpc) is 3.24. The van der Waals surface area contributed by atoms with Crippen LogP contribution in [0.2, 0.25) is 0 Å². The monoisotopic (exact) mass is 420 g/mol. The predicted molar refractivity (Wildman–Crippen MR) is 109 cm³/mol. The highest BCUT2D eigenvalue weighted by Gasteiger charge is 2.52. The van der Waals surface area contributed by atoms with Crippen molar-refractivity contribution in [2.24, 2.45) is 11.3 Å². The molecule has 0 radical (unpaired) electrons. The van der Waals surface area contributed by atoms with Crippen LogP contribution < -0.4 is 10.6 Å². The van der Waals surface area contributed by atoms with Gasteiger partial charge in [-0.1, -0.05) is 20.8 Å². The number of carbonyl (C=O) groups is 3. The third-order valence-electron chi connectivity index (χ3n) is 6.28. The molecule has 1 aromatic heterocycles. The molecule has 2 fully saturated rings. The predicted octanol–water partition coefficient (Wildman–Crippen LogP) is 1.91. The number of urea groups is 2. The first-order chi connectivity index (χ1) is 13.6. The SMILES string of the molecule is CN1C(=O)N(C)[C@@H]2[C@H]1NC(=O)N2CC(=O)Nc1nc2c(s1)C[C@@H](C(C)(C)C)CC2. The molecule has 0 unspecified atom stereocenters. The van der Waals surface area contributed by atoms with Crippen LogP contribution in [0.1, 0.15) is 37.8 Å². The Hall–Kier alpha value is -2.36. The zero-order valence-electron chi connectivity index (χ0n) is 17.5. The van der Waals surface area contributed by atoms with Gasteiger partial charge >= 0.3 is 12.1 Å². The normalized spacial score (nSPS) is 26.5. The van der Waals surface area contributed by atoms with E-state index in [1.54, 1.807) is 14.1 Å². The summed E-state index contributed by atoms with van der Waals surface area (Å²) in [5.41, 5.74) is 1.33. The van der Waals surface area contributed by atoms with Gasteiger partial charge in [-0.3, -0.25) is 9.69 Å². The first-order valence-electron chi connectivity index (χ1n) is 9.91. The summed E-state index contributed by atoms with van der Waals surface area (Å²) < 4.78 is 0. The van der Waals surface area contributed by atoms with Gasteiger partial charge in [0.15, 0.2) is 5.13 Å². The molecule has 0 spiro atoms. The Morgan fingerprint density at radius 1 is 1.28 bits per heavy atom. The highest BCUT2D eigenvalue weighted by molar-refractivity contribution is 7.15. The molecule has 5 amide bonds. The molecule has 0 aromatic carbocycles. The largest absolute Gasteiger partial charge is 0.323 e. The second-order valence-electron chi connectivity index (χ2n) is 9.18. The summed E-state index contributed by atoms with van der Waals surface area (Å²) in [6.45, 7) is 6.67. The van der Waals surface area contributed by atoms with E-state index in [2.05, 4.69) is 36.4 Å². The fourth-order valence-electron chi connectivity index (χ4n) is 4.42. The highest BCUT2D eigenvalue weighted by atomic mass is 32.1. The average molecular weight is 421 g/mol. The fourth-order valence-corrected chi connectivity index (χ4v) is 5.52. The summed E-state index contributed by atoms with van der Waals surface area (Å²) in [4.78, 5) is 47.3. The number of nitrogens with zero attached hydrogens (tertiary/aromatic N) is 4. The quantitative estimate of drug-likeness (QED) is 0.780. The molecule has 3 atom stereocenters. The lowest BCUT2D eigenvalue weighted by Gasteiger charge is -2.33. The number of nitrogens with one attached hydrogen (secondary N) is 2. The van der Waals surface area contributed by atoms with Crippen LogP contribution in [0.3, 0.4) is 0 Å². The number of thiazole rings is 1. The number of amides is 5. The zero-order valence-corrected chi connectivity index (χ0v) is 18.3. The smallest absolute Gasteiger partial charge is 0.314 e. The van der Waals surface area contributed by atoms with Gasteiger partial charge in [0.05, 0.1) is 5.69 Å². The van der Waals surface area contributed by atoms with Crippen molar-refractivity contribution < 1.29 is 14.4 Å². The van der Waals surface area contributed by atoms with Gasteiger partial charge in [-0.15, -0.1) is 11.3 Å². The lowest BCUT2D eigenvalue weighted by molar-refractivity contribution is -0.117. The van der Waals surface area contributed by atoms with Gasteiger partial charge in [0, 0.05) is 19.0 Å². The van der Waals surface area contributed by atoms with Crippen molar-refractivity contribution in [3.8, 4) is 0 Å². The van der Waals surface area contributed by atoms with Crippen LogP contribution in [-0.2, 0) is 17.6 Å². The number of aromatic nitrogens is 1. The minimum atomic E-state index is -0.497. The maximum absolute atomic E-state index is 12.6. The highest BCUT2D eigenvalue weighted by Crippen LogP contribution is 2.40. The minimum absolute atomic E-state index is 0.132. The summed E-state index contributed by atoms with van der Waals surface area (Å²) in [5, 5.41) is 6.19. The Balaban J connectivity index is 1.42. The second-order valence-corrected chi connectivity index (χ2v) is 10.3. The van der Waals surface area contributed by atoms with Crippen molar-refractivity contribution in [3.63, 3.8) is 0 Å². The second kappa shape index (κ2) is 6.86. The summed E-state index contributed by atoms with van der Waals surface area (Å²) >= 11 is 1.53. The Bertz CT molecular complexity index is 863. The Kier molecular flexibility index (Phi) is 4.71. The lowest BCUT2D eigenvalue weighted by atomic mass is 9.73. The van der Waals surface area contributed by atoms with E-state index < -0.39 is 12.3 Å². The van der Waals surface area contributed by atoms with Gasteiger partial charge in [-0.25, -0.2) is 14.6 Å². The number of anilines is 1. The molecular weight excluding hydrogens is 392 g/mol. The molecule has 1 aliphatic carbocycles. The molecule has 2 N–H and O–H groups in total. The maximum atomic E-state index is 12.6. The third kappa shape index (κ3) is 3.43. The molecule has 10 heteroatoms. The van der Waals surface area contributed by atoms with Crippen LogP contribution >= 0.6 is 11.3 Å². The van der Waals surface area contributed by atoms with E-state index in [0.29, 0.717) is 11.0 Å². The zero-order chi connectivity index (χ0) is 21.1. The van der Waals surface area contributed by atoms with E-state index in [1.807, 2.05) is 0 Å². The molecule has 158 valence electrons. The summed E-state index contributed by atoms with van der Waals surface area (Å²) in [5.74, 6) is 0.298. The van der Waals surface area contributed by atoms with Crippen LogP contribution in [0.5, 0.6) is 0 Å². The van der Waals surface area contributed by atoms with Crippen LogP contribution in [0.4, 0.5) is 14.7 Å². The molecule has 2 saturated heterocycles. The first kappa shape index (κ1) is 19.9. The fraction of sp³-hybridized carbons (Fsp3) is 0.684. The minimum Gasteiger partial charge on any atom is -0.314 e. The molecule has 29 heavy (non-hydrogen) atoms. The van der Waals surface area contributed by atoms with Gasteiger partial charge in [-0.2, -0.15) is 0 Å². The van der Waals surface area contributed by atoms with Gasteiger partial charge in [0.25, 0.3) is 0 Å². The molecule has 0 bridgehead atoms. The molecule has 4 rings (SSSR count). The summed E-state index contributed by atoms with van der Waals surface area (Å²) in [6.07, 6.45) is 2.08. The van der Waals surface area contributed by atoms with Crippen molar-refractivity contribution in [3.05, 3.63) is 10.6 Å². The standard InChI is InChI=1S/C19H28N6O3S/c1-19(2,3)10-6-7-11-12(8-10)29-16(20-11)21-13(26)9-25-15-14(22-17(25)27)23(4)18(28)24(15)5/h10,14-15H,6-9H2,1-5H3,(H,22,27)(H,20,21,26)/t10-,14-,15-/m0/s1. The summed E-state index contributed by atoms with van der Waals surface area (Å²) in [7, 11) is 3.27. The van der Waals surface area contributed by atoms with E-state index in [1.165, 1.54) is 30.9 Å². The number of aryl methyl sites for hydroxylation is 1. The number of fused-ring (bicyclic) bond motifs is 2. The Morgan fingerprint density at radius 2 is 2.00 bits per heavy atom. The van der Waals surface area contributed by atoms with Gasteiger partial charge < -0.3 is 20.4 Å². The van der Waals surface area contributed by atoms with E-state index in [0.717, 1.165) is 25.0 Å². The molecule has 1 aromatic rings. The van der Waals surface area contributed by atoms with Crippen molar-refractivity contribution in [2.75, 3.05) is 26.0 Å². The first-order valence-corrected chi connectivity index (χ1v) is 10.7. The number of likely N-dealkylation sites (N-methyl/N-ethyl adjacent to an activating group) is 2. The lowest BCUT2D eigenvalue weighted by Crippen LogP contribution is -2.47. The van der Waals surface area contributed by atoms with Crippen LogP contribution in [-0.4, -0.2) is 70.6 Å². The van der Waals surface area contributed by atoms with E-state index in [9.17, 15) is 14.4 Å². The molecule has 9 nitrogen and oxygen atoms in total. The van der Waals surface area contributed by atoms with Crippen molar-refractivity contribution >= 4 is 34.4 Å². The van der Waals surface area contributed by atoms with E-state index in [-0.39, 0.29) is 29.9 Å². The molecule has 2 aliphatic heterocycles. The number of rotatable bonds is 3. The maximum Gasteiger partial charge on any atom is 0.323 e. The molecule has 0 saturated carbocycles. The van der Waals surface area contributed by atoms with E-state index in [4.69, 9.17) is 0 Å². The molecular formula is C19H28N6O3S. The van der Waals surface area contributed by atoms with Crippen LogP contribution in [0, 0.1) is 11.3 Å². The molecule has 3 aliphatic rings. The Morgan fingerprint density at radius 3 is 2.69 bits per heavy atom. The van der Waals surface area contributed by atoms with Gasteiger partial charge in [0.2, 0.25) is 5.91 Å². The van der Waals surface area contributed by atoms with Crippen molar-refractivity contribution in [2.45, 2.75) is 52.4 Å². The summed E-state index contributed by atoms with van der Waals surface area (Å²) in [6, 6.07) is -0.542. The van der Waals surface area contributed by atoms with Gasteiger partial charge in [0.1, 0.15) is 18.9 Å². The van der Waals surface area contributed by atoms with Crippen LogP contribution in [0.25, 0.3) is 0 Å². The Labute approximate surface area is 174 Å². The molecule has 3 heterocycles. The van der Waals surface area contributed by atoms with Crippen LogP contribution in [0.15, 0.2) is 0 Å². The van der Waals surface area contributed by atoms with Crippen molar-refractivity contribution in [1.29, 1.82) is 0 Å². The van der Waals surface area contributed by atoms with Crippen molar-refractivity contribution in [1.82, 2.24) is 25.0 Å². The topological polar surface area (TPSA) is 97.9 Å². The number of hydrogen-bond acceptors (Lipinski definition) is 5. The van der Waals surface area contributed by atoms with E-state index >= 15 is 0 Å². The van der Waals surface area contributed by atoms with Gasteiger partial charge in [-0.05, 0) is 30.6 Å². The third-order valence-corrected chi connectivity index (χ3v) is 7.31. The number of hydrogen-bond donors (Lipinski definition) is 2.